The van der Waals surface area contributed by atoms with Gasteiger partial charge in [-0.2, -0.15) is 0 Å². The predicted octanol–water partition coefficient (Wildman–Crippen LogP) is 4.61. The molecule has 0 saturated carbocycles. The van der Waals surface area contributed by atoms with Gasteiger partial charge in [-0.3, -0.25) is 0 Å². The SMILES string of the molecule is Cc1cccc(S(=O)(=O)CCc2ccc3c(c2)C(Cc2ccccc2)C(N)CC3)c1. The van der Waals surface area contributed by atoms with Gasteiger partial charge in [-0.1, -0.05) is 60.7 Å². The molecule has 2 N–H and O–H groups in total. The fourth-order valence-corrected chi connectivity index (χ4v) is 5.83. The first-order valence-electron chi connectivity index (χ1n) is 10.6. The van der Waals surface area contributed by atoms with Gasteiger partial charge >= 0.3 is 0 Å². The highest BCUT2D eigenvalue weighted by Crippen LogP contribution is 2.34. The molecular weight excluding hydrogens is 390 g/mol. The average molecular weight is 420 g/mol. The third kappa shape index (κ3) is 4.66. The van der Waals surface area contributed by atoms with Crippen LogP contribution in [0.2, 0.25) is 0 Å². The van der Waals surface area contributed by atoms with Gasteiger partial charge in [-0.15, -0.1) is 0 Å². The van der Waals surface area contributed by atoms with E-state index in [1.54, 1.807) is 18.2 Å². The summed E-state index contributed by atoms with van der Waals surface area (Å²) >= 11 is 0. The fourth-order valence-electron chi connectivity index (χ4n) is 4.43. The minimum Gasteiger partial charge on any atom is -0.327 e. The molecule has 0 radical (unpaired) electrons. The molecule has 4 heteroatoms. The Labute approximate surface area is 179 Å². The quantitative estimate of drug-likeness (QED) is 0.635. The molecule has 2 atom stereocenters. The maximum absolute atomic E-state index is 12.8. The lowest BCUT2D eigenvalue weighted by molar-refractivity contribution is 0.467. The highest BCUT2D eigenvalue weighted by molar-refractivity contribution is 7.91. The Hall–Kier alpha value is -2.43. The molecular formula is C26H29NO2S. The van der Waals surface area contributed by atoms with E-state index in [4.69, 9.17) is 5.73 Å². The van der Waals surface area contributed by atoms with Gasteiger partial charge in [0.1, 0.15) is 0 Å². The molecule has 3 nitrogen and oxygen atoms in total. The van der Waals surface area contributed by atoms with Crippen LogP contribution in [0.5, 0.6) is 0 Å². The van der Waals surface area contributed by atoms with Crippen molar-refractivity contribution in [2.75, 3.05) is 5.75 Å². The first-order chi connectivity index (χ1) is 14.4. The van der Waals surface area contributed by atoms with E-state index >= 15 is 0 Å². The number of benzene rings is 3. The van der Waals surface area contributed by atoms with E-state index in [2.05, 4.69) is 42.5 Å². The van der Waals surface area contributed by atoms with Gasteiger partial charge in [0, 0.05) is 12.0 Å². The Morgan fingerprint density at radius 1 is 0.933 bits per heavy atom. The van der Waals surface area contributed by atoms with E-state index in [0.29, 0.717) is 11.3 Å². The molecule has 0 spiro atoms. The highest BCUT2D eigenvalue weighted by atomic mass is 32.2. The second-order valence-electron chi connectivity index (χ2n) is 8.42. The largest absolute Gasteiger partial charge is 0.327 e. The molecule has 0 aromatic heterocycles. The lowest BCUT2D eigenvalue weighted by Gasteiger charge is -2.32. The van der Waals surface area contributed by atoms with Crippen molar-refractivity contribution < 1.29 is 8.42 Å². The zero-order chi connectivity index (χ0) is 21.1. The van der Waals surface area contributed by atoms with Crippen LogP contribution in [0.1, 0.15) is 40.2 Å². The number of aryl methyl sites for hydroxylation is 3. The molecule has 2 unspecified atom stereocenters. The molecule has 3 aromatic rings. The van der Waals surface area contributed by atoms with Gasteiger partial charge < -0.3 is 5.73 Å². The van der Waals surface area contributed by atoms with Gasteiger partial charge in [0.2, 0.25) is 0 Å². The van der Waals surface area contributed by atoms with Crippen molar-refractivity contribution in [3.05, 3.63) is 101 Å². The molecule has 3 aromatic carbocycles. The van der Waals surface area contributed by atoms with E-state index < -0.39 is 9.84 Å². The fraction of sp³-hybridized carbons (Fsp3) is 0.308. The van der Waals surface area contributed by atoms with Crippen LogP contribution in [-0.4, -0.2) is 20.2 Å². The van der Waals surface area contributed by atoms with Crippen LogP contribution in [0.4, 0.5) is 0 Å². The van der Waals surface area contributed by atoms with Crippen molar-refractivity contribution in [1.82, 2.24) is 0 Å². The molecule has 0 amide bonds. The van der Waals surface area contributed by atoms with Crippen molar-refractivity contribution in [2.45, 2.75) is 49.5 Å². The Morgan fingerprint density at radius 2 is 1.73 bits per heavy atom. The normalized spacial score (nSPS) is 18.7. The number of rotatable bonds is 6. The van der Waals surface area contributed by atoms with E-state index in [1.165, 1.54) is 16.7 Å². The van der Waals surface area contributed by atoms with Crippen molar-refractivity contribution >= 4 is 9.84 Å². The lowest BCUT2D eigenvalue weighted by Crippen LogP contribution is -2.34. The molecule has 0 saturated heterocycles. The third-order valence-corrected chi connectivity index (χ3v) is 7.89. The van der Waals surface area contributed by atoms with E-state index in [0.717, 1.165) is 30.4 Å². The van der Waals surface area contributed by atoms with Gasteiger partial charge in [-0.05, 0) is 72.6 Å². The number of fused-ring (bicyclic) bond motifs is 1. The van der Waals surface area contributed by atoms with Crippen LogP contribution >= 0.6 is 0 Å². The first-order valence-corrected chi connectivity index (χ1v) is 12.3. The Balaban J connectivity index is 1.55. The summed E-state index contributed by atoms with van der Waals surface area (Å²) in [6.45, 7) is 1.92. The summed E-state index contributed by atoms with van der Waals surface area (Å²) < 4.78 is 25.6. The molecule has 156 valence electrons. The lowest BCUT2D eigenvalue weighted by atomic mass is 9.76. The maximum atomic E-state index is 12.8. The number of sulfone groups is 1. The van der Waals surface area contributed by atoms with Crippen molar-refractivity contribution in [1.29, 1.82) is 0 Å². The molecule has 0 aliphatic heterocycles. The van der Waals surface area contributed by atoms with Crippen LogP contribution in [-0.2, 0) is 29.1 Å². The predicted molar refractivity (Wildman–Crippen MR) is 123 cm³/mol. The number of hydrogen-bond acceptors (Lipinski definition) is 3. The molecule has 1 aliphatic carbocycles. The minimum atomic E-state index is -3.30. The highest BCUT2D eigenvalue weighted by Gasteiger charge is 2.27. The maximum Gasteiger partial charge on any atom is 0.178 e. The standard InChI is InChI=1S/C26H29NO2S/c1-19-6-5-9-23(16-19)30(28,29)15-14-21-10-11-22-12-13-26(27)25(24(22)17-21)18-20-7-3-2-4-8-20/h2-11,16-17,25-26H,12-15,18,27H2,1H3. The average Bonchev–Trinajstić information content (AvgIpc) is 2.75. The molecule has 0 fully saturated rings. The van der Waals surface area contributed by atoms with Crippen molar-refractivity contribution in [3.8, 4) is 0 Å². The summed E-state index contributed by atoms with van der Waals surface area (Å²) in [4.78, 5) is 0.407. The summed E-state index contributed by atoms with van der Waals surface area (Å²) in [7, 11) is -3.30. The Bertz CT molecular complexity index is 1120. The van der Waals surface area contributed by atoms with Crippen LogP contribution in [0, 0.1) is 6.92 Å². The molecule has 4 rings (SSSR count). The smallest absolute Gasteiger partial charge is 0.178 e. The van der Waals surface area contributed by atoms with E-state index in [9.17, 15) is 8.42 Å². The molecule has 30 heavy (non-hydrogen) atoms. The summed E-state index contributed by atoms with van der Waals surface area (Å²) in [6.07, 6.45) is 3.41. The summed E-state index contributed by atoms with van der Waals surface area (Å²) in [6, 6.07) is 24.2. The zero-order valence-electron chi connectivity index (χ0n) is 17.4. The Kier molecular flexibility index (Phi) is 6.07. The topological polar surface area (TPSA) is 60.2 Å². The molecule has 1 aliphatic rings. The zero-order valence-corrected chi connectivity index (χ0v) is 18.2. The first kappa shape index (κ1) is 20.8. The molecule has 0 bridgehead atoms. The van der Waals surface area contributed by atoms with Gasteiger partial charge in [0.15, 0.2) is 9.84 Å². The van der Waals surface area contributed by atoms with E-state index in [-0.39, 0.29) is 17.7 Å². The third-order valence-electron chi connectivity index (χ3n) is 6.18. The minimum absolute atomic E-state index is 0.116. The molecule has 0 heterocycles. The summed E-state index contributed by atoms with van der Waals surface area (Å²) in [5.41, 5.74) is 12.5. The van der Waals surface area contributed by atoms with Crippen molar-refractivity contribution in [3.63, 3.8) is 0 Å². The second kappa shape index (κ2) is 8.75. The summed E-state index contributed by atoms with van der Waals surface area (Å²) in [5.74, 6) is 0.384. The van der Waals surface area contributed by atoms with E-state index in [1.807, 2.05) is 19.1 Å². The van der Waals surface area contributed by atoms with Gasteiger partial charge in [-0.25, -0.2) is 8.42 Å². The van der Waals surface area contributed by atoms with Crippen LogP contribution in [0.25, 0.3) is 0 Å². The van der Waals surface area contributed by atoms with Crippen LogP contribution < -0.4 is 5.73 Å². The number of hydrogen-bond donors (Lipinski definition) is 1. The van der Waals surface area contributed by atoms with Crippen LogP contribution in [0.3, 0.4) is 0 Å². The Morgan fingerprint density at radius 3 is 2.50 bits per heavy atom. The van der Waals surface area contributed by atoms with Crippen LogP contribution in [0.15, 0.2) is 77.7 Å². The monoisotopic (exact) mass is 419 g/mol. The van der Waals surface area contributed by atoms with Crippen molar-refractivity contribution in [2.24, 2.45) is 5.73 Å². The van der Waals surface area contributed by atoms with Gasteiger partial charge in [0.25, 0.3) is 0 Å². The summed E-state index contributed by atoms with van der Waals surface area (Å²) in [5, 5.41) is 0. The van der Waals surface area contributed by atoms with Gasteiger partial charge in [0.05, 0.1) is 10.6 Å². The second-order valence-corrected chi connectivity index (χ2v) is 10.5. The number of nitrogens with two attached hydrogens (primary N) is 1.